The van der Waals surface area contributed by atoms with Gasteiger partial charge >= 0.3 is 0 Å². The third-order valence-corrected chi connectivity index (χ3v) is 6.70. The second-order valence-corrected chi connectivity index (χ2v) is 9.34. The fourth-order valence-electron chi connectivity index (χ4n) is 4.33. The third kappa shape index (κ3) is 6.23. The molecule has 4 heterocycles. The highest BCUT2D eigenvalue weighted by atomic mass is 16.8. The van der Waals surface area contributed by atoms with Gasteiger partial charge in [-0.15, -0.1) is 0 Å². The van der Waals surface area contributed by atoms with Crippen molar-refractivity contribution >= 4 is 0 Å². The van der Waals surface area contributed by atoms with E-state index in [-0.39, 0.29) is 26.4 Å². The Balaban J connectivity index is 1.27. The maximum absolute atomic E-state index is 10.5. The minimum atomic E-state index is -1.71. The summed E-state index contributed by atoms with van der Waals surface area (Å²) >= 11 is 0. The zero-order valence-electron chi connectivity index (χ0n) is 19.4. The van der Waals surface area contributed by atoms with Crippen LogP contribution in [0.1, 0.15) is 0 Å². The van der Waals surface area contributed by atoms with Gasteiger partial charge in [0.1, 0.15) is 73.2 Å². The molecule has 10 N–H and O–H groups in total. The molecule has 4 aliphatic heterocycles. The first kappa shape index (κ1) is 29.3. The monoisotopic (exact) mass is 546 g/mol. The Labute approximate surface area is 209 Å². The lowest BCUT2D eigenvalue weighted by atomic mass is 10.0. The molecule has 0 amide bonds. The number of aliphatic hydroxyl groups is 10. The first-order valence-corrected chi connectivity index (χ1v) is 11.7. The van der Waals surface area contributed by atoms with E-state index in [9.17, 15) is 51.1 Å². The summed E-state index contributed by atoms with van der Waals surface area (Å²) in [5.74, 6) is 0. The van der Waals surface area contributed by atoms with Crippen molar-refractivity contribution in [3.05, 3.63) is 0 Å². The molecule has 0 bridgehead atoms. The van der Waals surface area contributed by atoms with Gasteiger partial charge in [0.05, 0.1) is 26.4 Å². The van der Waals surface area contributed by atoms with E-state index in [1.807, 2.05) is 0 Å². The van der Waals surface area contributed by atoms with E-state index in [0.717, 1.165) is 0 Å². The molecule has 17 nitrogen and oxygen atoms in total. The zero-order chi connectivity index (χ0) is 27.0. The predicted molar refractivity (Wildman–Crippen MR) is 110 cm³/mol. The molecule has 0 aliphatic carbocycles. The molecule has 4 aliphatic rings. The maximum Gasteiger partial charge on any atom is 0.186 e. The molecule has 0 aromatic heterocycles. The van der Waals surface area contributed by atoms with E-state index < -0.39 is 98.4 Å². The Morgan fingerprint density at radius 2 is 0.730 bits per heavy atom. The van der Waals surface area contributed by atoms with Gasteiger partial charge in [0, 0.05) is 0 Å². The Bertz CT molecular complexity index is 673. The van der Waals surface area contributed by atoms with E-state index in [1.165, 1.54) is 0 Å². The summed E-state index contributed by atoms with van der Waals surface area (Å²) in [6, 6.07) is 0. The number of hydrogen-bond acceptors (Lipinski definition) is 17. The van der Waals surface area contributed by atoms with Gasteiger partial charge in [-0.05, 0) is 0 Å². The fraction of sp³-hybridized carbons (Fsp3) is 1.00. The van der Waals surface area contributed by atoms with Crippen LogP contribution in [0.5, 0.6) is 0 Å². The van der Waals surface area contributed by atoms with Crippen molar-refractivity contribution < 1.29 is 84.2 Å². The number of aliphatic hydroxyl groups excluding tert-OH is 10. The Hall–Kier alpha value is -0.680. The first-order chi connectivity index (χ1) is 17.5. The predicted octanol–water partition coefficient (Wildman–Crippen LogP) is -7.19. The molecule has 0 radical (unpaired) electrons. The summed E-state index contributed by atoms with van der Waals surface area (Å²) in [6.07, 6.45) is -24.0. The molecular formula is C20H34O17. The molecule has 0 aromatic carbocycles. The molecule has 216 valence electrons. The standard InChI is InChI=1S/C20H34O17/c21-5-1-32-18(14(27)9(5)22)36-7-3-34-20(16(29)11(7)24)37-8-4-33-19(15(28)12(8)25)35-6-2-31-17(30)13(26)10(6)23/h5-30H,1-4H2/t5-,6-,7-,8-,9+,10+,11+,12+,13-,14-,15-,16-,17?,18+,19+,20+/m1/s1. The molecule has 4 saturated heterocycles. The van der Waals surface area contributed by atoms with Crippen LogP contribution in [0.3, 0.4) is 0 Å². The molecule has 16 atom stereocenters. The van der Waals surface area contributed by atoms with Crippen molar-refractivity contribution in [3.8, 4) is 0 Å². The Morgan fingerprint density at radius 1 is 0.378 bits per heavy atom. The van der Waals surface area contributed by atoms with Crippen molar-refractivity contribution in [2.45, 2.75) is 98.4 Å². The van der Waals surface area contributed by atoms with Gasteiger partial charge in [0.15, 0.2) is 25.2 Å². The highest BCUT2D eigenvalue weighted by molar-refractivity contribution is 4.91. The van der Waals surface area contributed by atoms with Gasteiger partial charge < -0.3 is 84.2 Å². The largest absolute Gasteiger partial charge is 0.388 e. The Kier molecular flexibility index (Phi) is 9.69. The quantitative estimate of drug-likeness (QED) is 0.148. The molecular weight excluding hydrogens is 512 g/mol. The molecule has 0 saturated carbocycles. The highest BCUT2D eigenvalue weighted by Gasteiger charge is 2.49. The van der Waals surface area contributed by atoms with Crippen LogP contribution >= 0.6 is 0 Å². The van der Waals surface area contributed by atoms with Gasteiger partial charge in [-0.2, -0.15) is 0 Å². The normalized spacial score (nSPS) is 53.7. The van der Waals surface area contributed by atoms with Gasteiger partial charge in [-0.25, -0.2) is 0 Å². The van der Waals surface area contributed by atoms with Crippen molar-refractivity contribution in [2.75, 3.05) is 26.4 Å². The van der Waals surface area contributed by atoms with Crippen molar-refractivity contribution in [1.82, 2.24) is 0 Å². The summed E-state index contributed by atoms with van der Waals surface area (Å²) < 4.78 is 37.0. The van der Waals surface area contributed by atoms with Gasteiger partial charge in [0.25, 0.3) is 0 Å². The summed E-state index contributed by atoms with van der Waals surface area (Å²) in [7, 11) is 0. The summed E-state index contributed by atoms with van der Waals surface area (Å²) in [4.78, 5) is 0. The smallest absolute Gasteiger partial charge is 0.186 e. The van der Waals surface area contributed by atoms with Crippen LogP contribution in [-0.2, 0) is 33.2 Å². The molecule has 0 spiro atoms. The van der Waals surface area contributed by atoms with Gasteiger partial charge in [-0.3, -0.25) is 0 Å². The van der Waals surface area contributed by atoms with E-state index >= 15 is 0 Å². The Morgan fingerprint density at radius 3 is 1.19 bits per heavy atom. The molecule has 4 rings (SSSR count). The first-order valence-electron chi connectivity index (χ1n) is 11.7. The van der Waals surface area contributed by atoms with Crippen molar-refractivity contribution in [3.63, 3.8) is 0 Å². The minimum Gasteiger partial charge on any atom is -0.388 e. The van der Waals surface area contributed by atoms with Crippen molar-refractivity contribution in [2.24, 2.45) is 0 Å². The third-order valence-electron chi connectivity index (χ3n) is 6.70. The lowest BCUT2D eigenvalue weighted by molar-refractivity contribution is -0.356. The van der Waals surface area contributed by atoms with Crippen LogP contribution in [0, 0.1) is 0 Å². The fourth-order valence-corrected chi connectivity index (χ4v) is 4.33. The molecule has 4 fully saturated rings. The second kappa shape index (κ2) is 12.2. The summed E-state index contributed by atoms with van der Waals surface area (Å²) in [6.45, 7) is -1.39. The van der Waals surface area contributed by atoms with Crippen LogP contribution in [0.25, 0.3) is 0 Å². The average molecular weight is 546 g/mol. The number of rotatable bonds is 6. The van der Waals surface area contributed by atoms with Gasteiger partial charge in [-0.1, -0.05) is 0 Å². The van der Waals surface area contributed by atoms with Crippen LogP contribution in [-0.4, -0.2) is 176 Å². The maximum atomic E-state index is 10.5. The van der Waals surface area contributed by atoms with Crippen LogP contribution in [0.2, 0.25) is 0 Å². The highest BCUT2D eigenvalue weighted by Crippen LogP contribution is 2.28. The minimum absolute atomic E-state index is 0.326. The molecule has 37 heavy (non-hydrogen) atoms. The van der Waals surface area contributed by atoms with E-state index in [1.54, 1.807) is 0 Å². The van der Waals surface area contributed by atoms with E-state index in [2.05, 4.69) is 0 Å². The second-order valence-electron chi connectivity index (χ2n) is 9.34. The average Bonchev–Trinajstić information content (AvgIpc) is 2.88. The molecule has 1 unspecified atom stereocenters. The van der Waals surface area contributed by atoms with E-state index in [0.29, 0.717) is 0 Å². The lowest BCUT2D eigenvalue weighted by Gasteiger charge is -2.44. The topological polar surface area (TPSA) is 267 Å². The summed E-state index contributed by atoms with van der Waals surface area (Å²) in [5, 5.41) is 100. The van der Waals surface area contributed by atoms with Crippen LogP contribution < -0.4 is 0 Å². The lowest BCUT2D eigenvalue weighted by Crippen LogP contribution is -2.62. The van der Waals surface area contributed by atoms with Crippen LogP contribution in [0.15, 0.2) is 0 Å². The zero-order valence-corrected chi connectivity index (χ0v) is 19.4. The van der Waals surface area contributed by atoms with Crippen LogP contribution in [0.4, 0.5) is 0 Å². The van der Waals surface area contributed by atoms with Gasteiger partial charge in [0.2, 0.25) is 0 Å². The molecule has 17 heteroatoms. The number of ether oxygens (including phenoxy) is 7. The molecule has 0 aromatic rings. The SMILES string of the molecule is OC1OC[C@@H](O[C@@H]2OC[C@@H](O[C@@H]3OC[C@@H](O[C@@H]4OC[C@@H](O)[C@H](O)[C@H]4O)[C@H](O)[C@H]3O)[C@H](O)[C@H]2O)[C@H](O)[C@H]1O. The number of hydrogen-bond donors (Lipinski definition) is 10. The van der Waals surface area contributed by atoms with E-state index in [4.69, 9.17) is 33.2 Å². The van der Waals surface area contributed by atoms with Crippen molar-refractivity contribution in [1.29, 1.82) is 0 Å². The summed E-state index contributed by atoms with van der Waals surface area (Å²) in [5.41, 5.74) is 0.